The Morgan fingerprint density at radius 1 is 0.962 bits per heavy atom. The Morgan fingerprint density at radius 2 is 1.54 bits per heavy atom. The largest absolute Gasteiger partial charge is 0.343 e. The van der Waals surface area contributed by atoms with E-state index >= 15 is 0 Å². The van der Waals surface area contributed by atoms with E-state index in [9.17, 15) is 18.0 Å². The van der Waals surface area contributed by atoms with Crippen LogP contribution >= 0.6 is 0 Å². The number of aryl methyl sites for hydroxylation is 2. The van der Waals surface area contributed by atoms with E-state index in [1.807, 2.05) is 32.0 Å². The Morgan fingerprint density at radius 3 is 2.08 bits per heavy atom. The molecule has 0 saturated carbocycles. The fourth-order valence-corrected chi connectivity index (χ4v) is 3.09. The van der Waals surface area contributed by atoms with Crippen LogP contribution in [0.3, 0.4) is 0 Å². The second kappa shape index (κ2) is 8.11. The van der Waals surface area contributed by atoms with Crippen LogP contribution in [0.25, 0.3) is 0 Å². The lowest BCUT2D eigenvalue weighted by Crippen LogP contribution is -2.33. The standard InChI is InChI=1S/C18H21N3O4S/c1-12-5-4-6-13(2)17(12)21-16(22)11-20-18(23)14-7-9-15(10-8-14)26(24,25)19-3/h4-10,19H,11H2,1-3H3,(H,20,23)(H,21,22). The molecule has 2 amide bonds. The zero-order valence-corrected chi connectivity index (χ0v) is 15.6. The summed E-state index contributed by atoms with van der Waals surface area (Å²) >= 11 is 0. The number of hydrogen-bond acceptors (Lipinski definition) is 4. The van der Waals surface area contributed by atoms with E-state index in [-0.39, 0.29) is 22.9 Å². The van der Waals surface area contributed by atoms with Crippen LogP contribution < -0.4 is 15.4 Å². The Kier molecular flexibility index (Phi) is 6.12. The minimum atomic E-state index is -3.55. The number of hydrogen-bond donors (Lipinski definition) is 3. The van der Waals surface area contributed by atoms with E-state index in [2.05, 4.69) is 15.4 Å². The molecule has 0 aliphatic heterocycles. The number of anilines is 1. The van der Waals surface area contributed by atoms with Gasteiger partial charge in [0, 0.05) is 11.3 Å². The Hall–Kier alpha value is -2.71. The molecule has 0 fully saturated rings. The zero-order chi connectivity index (χ0) is 19.3. The molecule has 2 aromatic rings. The first-order valence-electron chi connectivity index (χ1n) is 7.92. The molecule has 0 saturated heterocycles. The van der Waals surface area contributed by atoms with E-state index in [1.165, 1.54) is 31.3 Å². The van der Waals surface area contributed by atoms with Gasteiger partial charge >= 0.3 is 0 Å². The van der Waals surface area contributed by atoms with Gasteiger partial charge in [-0.3, -0.25) is 9.59 Å². The normalized spacial score (nSPS) is 11.0. The predicted octanol–water partition coefficient (Wildman–Crippen LogP) is 1.58. The van der Waals surface area contributed by atoms with Crippen LogP contribution in [0, 0.1) is 13.8 Å². The fraction of sp³-hybridized carbons (Fsp3) is 0.222. The van der Waals surface area contributed by atoms with Crippen LogP contribution in [0.15, 0.2) is 47.4 Å². The molecule has 0 aromatic heterocycles. The minimum Gasteiger partial charge on any atom is -0.343 e. The van der Waals surface area contributed by atoms with Crippen molar-refractivity contribution in [2.45, 2.75) is 18.7 Å². The number of carbonyl (C=O) groups is 2. The highest BCUT2D eigenvalue weighted by Crippen LogP contribution is 2.19. The molecule has 138 valence electrons. The van der Waals surface area contributed by atoms with Crippen molar-refractivity contribution in [3.8, 4) is 0 Å². The molecule has 2 aromatic carbocycles. The average molecular weight is 375 g/mol. The van der Waals surface area contributed by atoms with Gasteiger partial charge in [0.1, 0.15) is 0 Å². The topological polar surface area (TPSA) is 104 Å². The smallest absolute Gasteiger partial charge is 0.251 e. The van der Waals surface area contributed by atoms with Crippen LogP contribution in [0.1, 0.15) is 21.5 Å². The van der Waals surface area contributed by atoms with Crippen LogP contribution in [-0.4, -0.2) is 33.8 Å². The predicted molar refractivity (Wildman–Crippen MR) is 99.6 cm³/mol. The van der Waals surface area contributed by atoms with Gasteiger partial charge in [-0.05, 0) is 56.3 Å². The average Bonchev–Trinajstić information content (AvgIpc) is 2.63. The Balaban J connectivity index is 1.97. The van der Waals surface area contributed by atoms with Crippen LogP contribution in [0.2, 0.25) is 0 Å². The lowest BCUT2D eigenvalue weighted by molar-refractivity contribution is -0.115. The molecule has 0 radical (unpaired) electrons. The third-order valence-electron chi connectivity index (χ3n) is 3.85. The third kappa shape index (κ3) is 4.68. The van der Waals surface area contributed by atoms with E-state index < -0.39 is 15.9 Å². The minimum absolute atomic E-state index is 0.0596. The molecule has 0 atom stereocenters. The number of carbonyl (C=O) groups excluding carboxylic acids is 2. The Bertz CT molecular complexity index is 902. The van der Waals surface area contributed by atoms with Crippen molar-refractivity contribution in [2.75, 3.05) is 18.9 Å². The molecule has 26 heavy (non-hydrogen) atoms. The lowest BCUT2D eigenvalue weighted by Gasteiger charge is -2.12. The molecular weight excluding hydrogens is 354 g/mol. The van der Waals surface area contributed by atoms with Gasteiger partial charge in [0.15, 0.2) is 0 Å². The molecule has 0 bridgehead atoms. The molecule has 0 aliphatic rings. The molecule has 3 N–H and O–H groups in total. The summed E-state index contributed by atoms with van der Waals surface area (Å²) in [6.07, 6.45) is 0. The number of benzene rings is 2. The molecular formula is C18H21N3O4S. The summed E-state index contributed by atoms with van der Waals surface area (Å²) in [6, 6.07) is 11.1. The van der Waals surface area contributed by atoms with Gasteiger partial charge in [0.2, 0.25) is 15.9 Å². The van der Waals surface area contributed by atoms with Gasteiger partial charge in [-0.25, -0.2) is 13.1 Å². The molecule has 8 heteroatoms. The maximum absolute atomic E-state index is 12.1. The van der Waals surface area contributed by atoms with Gasteiger partial charge < -0.3 is 10.6 Å². The molecule has 0 unspecified atom stereocenters. The number of sulfonamides is 1. The van der Waals surface area contributed by atoms with Crippen LogP contribution in [0.4, 0.5) is 5.69 Å². The first-order valence-corrected chi connectivity index (χ1v) is 9.41. The van der Waals surface area contributed by atoms with Crippen molar-refractivity contribution in [3.63, 3.8) is 0 Å². The first-order chi connectivity index (χ1) is 12.2. The van der Waals surface area contributed by atoms with E-state index in [4.69, 9.17) is 0 Å². The number of nitrogens with one attached hydrogen (secondary N) is 3. The van der Waals surface area contributed by atoms with Crippen molar-refractivity contribution in [3.05, 3.63) is 59.2 Å². The summed E-state index contributed by atoms with van der Waals surface area (Å²) in [5.41, 5.74) is 2.87. The number of para-hydroxylation sites is 1. The maximum atomic E-state index is 12.1. The second-order valence-corrected chi connectivity index (χ2v) is 7.62. The monoisotopic (exact) mass is 375 g/mol. The SMILES string of the molecule is CNS(=O)(=O)c1ccc(C(=O)NCC(=O)Nc2c(C)cccc2C)cc1. The zero-order valence-electron chi connectivity index (χ0n) is 14.8. The number of rotatable bonds is 6. The summed E-state index contributed by atoms with van der Waals surface area (Å²) in [5.74, 6) is -0.805. The highest BCUT2D eigenvalue weighted by Gasteiger charge is 2.13. The summed E-state index contributed by atoms with van der Waals surface area (Å²) < 4.78 is 25.5. The third-order valence-corrected chi connectivity index (χ3v) is 5.28. The van der Waals surface area contributed by atoms with Crippen LogP contribution in [-0.2, 0) is 14.8 Å². The quantitative estimate of drug-likeness (QED) is 0.713. The van der Waals surface area contributed by atoms with E-state index in [0.717, 1.165) is 16.8 Å². The van der Waals surface area contributed by atoms with Crippen molar-refractivity contribution >= 4 is 27.5 Å². The molecule has 7 nitrogen and oxygen atoms in total. The molecule has 2 rings (SSSR count). The van der Waals surface area contributed by atoms with E-state index in [1.54, 1.807) is 0 Å². The second-order valence-electron chi connectivity index (χ2n) is 5.73. The molecule has 0 heterocycles. The Labute approximate surface area is 152 Å². The summed E-state index contributed by atoms with van der Waals surface area (Å²) in [6.45, 7) is 3.59. The van der Waals surface area contributed by atoms with Gasteiger partial charge in [-0.2, -0.15) is 0 Å². The van der Waals surface area contributed by atoms with Gasteiger partial charge in [0.05, 0.1) is 11.4 Å². The van der Waals surface area contributed by atoms with Gasteiger partial charge in [-0.15, -0.1) is 0 Å². The highest BCUT2D eigenvalue weighted by molar-refractivity contribution is 7.89. The van der Waals surface area contributed by atoms with Gasteiger partial charge in [0.25, 0.3) is 5.91 Å². The maximum Gasteiger partial charge on any atom is 0.251 e. The van der Waals surface area contributed by atoms with E-state index in [0.29, 0.717) is 0 Å². The van der Waals surface area contributed by atoms with Crippen molar-refractivity contribution in [1.29, 1.82) is 0 Å². The van der Waals surface area contributed by atoms with Crippen molar-refractivity contribution in [1.82, 2.24) is 10.0 Å². The lowest BCUT2D eigenvalue weighted by atomic mass is 10.1. The highest BCUT2D eigenvalue weighted by atomic mass is 32.2. The number of amides is 2. The van der Waals surface area contributed by atoms with Crippen molar-refractivity contribution in [2.24, 2.45) is 0 Å². The summed E-state index contributed by atoms with van der Waals surface area (Å²) in [5, 5.41) is 5.29. The molecule has 0 spiro atoms. The van der Waals surface area contributed by atoms with Gasteiger partial charge in [-0.1, -0.05) is 18.2 Å². The molecule has 0 aliphatic carbocycles. The summed E-state index contributed by atoms with van der Waals surface area (Å²) in [7, 11) is -2.24. The van der Waals surface area contributed by atoms with Crippen LogP contribution in [0.5, 0.6) is 0 Å². The first kappa shape index (κ1) is 19.6. The summed E-state index contributed by atoms with van der Waals surface area (Å²) in [4.78, 5) is 24.2. The van der Waals surface area contributed by atoms with Crippen molar-refractivity contribution < 1.29 is 18.0 Å². The fourth-order valence-electron chi connectivity index (χ4n) is 2.36.